The number of benzene rings is 2. The molecular weight excluding hydrogens is 443 g/mol. The molecule has 0 saturated carbocycles. The monoisotopic (exact) mass is 466 g/mol. The summed E-state index contributed by atoms with van der Waals surface area (Å²) in [6.07, 6.45) is 3.99. The molecule has 174 valence electrons. The second-order valence-corrected chi connectivity index (χ2v) is 8.74. The number of carbonyl (C=O) groups is 1. The molecule has 0 spiro atoms. The molecular formula is C27H23FN6O. The molecule has 35 heavy (non-hydrogen) atoms. The average Bonchev–Trinajstić information content (AvgIpc) is 3.63. The number of nitrogens with zero attached hydrogens (tertiary/aromatic N) is 6. The largest absolute Gasteiger partial charge is 0.327 e. The minimum absolute atomic E-state index is 0.118. The summed E-state index contributed by atoms with van der Waals surface area (Å²) < 4.78 is 18.9. The second kappa shape index (κ2) is 8.09. The Bertz CT molecular complexity index is 1550. The van der Waals surface area contributed by atoms with E-state index in [9.17, 15) is 9.18 Å². The summed E-state index contributed by atoms with van der Waals surface area (Å²) in [5.74, 6) is 0.510. The van der Waals surface area contributed by atoms with Gasteiger partial charge in [0.1, 0.15) is 17.3 Å². The van der Waals surface area contributed by atoms with Crippen LogP contribution in [0.1, 0.15) is 27.3 Å². The number of para-hydroxylation sites is 1. The Balaban J connectivity index is 1.34. The van der Waals surface area contributed by atoms with Crippen LogP contribution in [-0.2, 0) is 20.1 Å². The first kappa shape index (κ1) is 21.1. The lowest BCUT2D eigenvalue weighted by atomic mass is 10.1. The highest BCUT2D eigenvalue weighted by Crippen LogP contribution is 2.32. The lowest BCUT2D eigenvalue weighted by Gasteiger charge is -2.18. The van der Waals surface area contributed by atoms with Gasteiger partial charge >= 0.3 is 0 Å². The molecule has 0 radical (unpaired) electrons. The maximum atomic E-state index is 13.5. The van der Waals surface area contributed by atoms with Crippen LogP contribution in [0.5, 0.6) is 0 Å². The minimum Gasteiger partial charge on any atom is -0.327 e. The fourth-order valence-corrected chi connectivity index (χ4v) is 4.65. The summed E-state index contributed by atoms with van der Waals surface area (Å²) in [6.45, 7) is 2.93. The standard InChI is InChI=1S/C27H23FN6O/c1-18-7-3-4-8-24(18)34-26(32-13-5-6-14-32)21-16-33(17-23(21)30-34)27(35)25-15-22(29-31(25)2)19-9-11-20(28)12-10-19/h3-15H,16-17H2,1-2H3. The highest BCUT2D eigenvalue weighted by atomic mass is 19.1. The van der Waals surface area contributed by atoms with Crippen LogP contribution in [0.4, 0.5) is 4.39 Å². The molecule has 7 nitrogen and oxygen atoms in total. The predicted molar refractivity (Wildman–Crippen MR) is 130 cm³/mol. The zero-order chi connectivity index (χ0) is 24.1. The van der Waals surface area contributed by atoms with Crippen LogP contribution >= 0.6 is 0 Å². The molecule has 8 heteroatoms. The van der Waals surface area contributed by atoms with Crippen molar-refractivity contribution in [1.29, 1.82) is 0 Å². The first-order valence-electron chi connectivity index (χ1n) is 11.4. The molecule has 6 rings (SSSR count). The summed E-state index contributed by atoms with van der Waals surface area (Å²) in [7, 11) is 1.75. The van der Waals surface area contributed by atoms with E-state index < -0.39 is 0 Å². The third-order valence-corrected chi connectivity index (χ3v) is 6.45. The topological polar surface area (TPSA) is 60.9 Å². The van der Waals surface area contributed by atoms with Crippen molar-refractivity contribution in [3.05, 3.63) is 107 Å². The number of halogens is 1. The number of amides is 1. The summed E-state index contributed by atoms with van der Waals surface area (Å²) in [4.78, 5) is 15.3. The van der Waals surface area contributed by atoms with Gasteiger partial charge in [0, 0.05) is 30.6 Å². The lowest BCUT2D eigenvalue weighted by molar-refractivity contribution is 0.0738. The van der Waals surface area contributed by atoms with Crippen molar-refractivity contribution >= 4 is 5.91 Å². The molecule has 0 saturated heterocycles. The van der Waals surface area contributed by atoms with Crippen LogP contribution in [0.3, 0.4) is 0 Å². The molecule has 1 aliphatic heterocycles. The third-order valence-electron chi connectivity index (χ3n) is 6.45. The molecule has 1 aliphatic rings. The van der Waals surface area contributed by atoms with E-state index in [4.69, 9.17) is 5.10 Å². The van der Waals surface area contributed by atoms with E-state index in [0.29, 0.717) is 24.5 Å². The van der Waals surface area contributed by atoms with E-state index in [1.807, 2.05) is 45.9 Å². The fraction of sp³-hybridized carbons (Fsp3) is 0.148. The fourth-order valence-electron chi connectivity index (χ4n) is 4.65. The Morgan fingerprint density at radius 2 is 1.69 bits per heavy atom. The maximum absolute atomic E-state index is 13.5. The summed E-state index contributed by atoms with van der Waals surface area (Å²) in [6, 6.07) is 20.0. The van der Waals surface area contributed by atoms with Gasteiger partial charge in [0.2, 0.25) is 0 Å². The van der Waals surface area contributed by atoms with Gasteiger partial charge in [-0.15, -0.1) is 0 Å². The van der Waals surface area contributed by atoms with E-state index >= 15 is 0 Å². The first-order valence-corrected chi connectivity index (χ1v) is 11.4. The summed E-state index contributed by atoms with van der Waals surface area (Å²) in [5.41, 5.74) is 5.91. The normalized spacial score (nSPS) is 12.8. The number of fused-ring (bicyclic) bond motifs is 1. The van der Waals surface area contributed by atoms with Crippen molar-refractivity contribution < 1.29 is 9.18 Å². The number of carbonyl (C=O) groups excluding carboxylic acids is 1. The Morgan fingerprint density at radius 1 is 0.943 bits per heavy atom. The van der Waals surface area contributed by atoms with Crippen molar-refractivity contribution in [1.82, 2.24) is 29.0 Å². The molecule has 4 heterocycles. The van der Waals surface area contributed by atoms with E-state index in [1.165, 1.54) is 12.1 Å². The maximum Gasteiger partial charge on any atom is 0.272 e. The number of hydrogen-bond donors (Lipinski definition) is 0. The van der Waals surface area contributed by atoms with Crippen molar-refractivity contribution in [3.8, 4) is 22.8 Å². The Labute approximate surface area is 201 Å². The minimum atomic E-state index is -0.308. The van der Waals surface area contributed by atoms with Crippen molar-refractivity contribution in [3.63, 3.8) is 0 Å². The van der Waals surface area contributed by atoms with Gasteiger partial charge in [0.15, 0.2) is 0 Å². The molecule has 0 atom stereocenters. The Morgan fingerprint density at radius 3 is 2.43 bits per heavy atom. The van der Waals surface area contributed by atoms with E-state index in [2.05, 4.69) is 24.2 Å². The SMILES string of the molecule is Cc1ccccc1-n1nc2c(c1-n1cccc1)CN(C(=O)c1cc(-c3ccc(F)cc3)nn1C)C2. The van der Waals surface area contributed by atoms with Crippen LogP contribution in [0, 0.1) is 12.7 Å². The lowest BCUT2D eigenvalue weighted by Crippen LogP contribution is -2.28. The number of hydrogen-bond acceptors (Lipinski definition) is 3. The molecule has 0 fully saturated rings. The molecule has 0 N–H and O–H groups in total. The first-order chi connectivity index (χ1) is 17.0. The number of aromatic nitrogens is 5. The van der Waals surface area contributed by atoms with Gasteiger partial charge in [0.05, 0.1) is 30.2 Å². The van der Waals surface area contributed by atoms with E-state index in [-0.39, 0.29) is 11.7 Å². The summed E-state index contributed by atoms with van der Waals surface area (Å²) >= 11 is 0. The molecule has 0 aliphatic carbocycles. The van der Waals surface area contributed by atoms with Crippen LogP contribution in [0.2, 0.25) is 0 Å². The van der Waals surface area contributed by atoms with Crippen LogP contribution in [0.15, 0.2) is 79.1 Å². The second-order valence-electron chi connectivity index (χ2n) is 8.74. The van der Waals surface area contributed by atoms with Crippen LogP contribution in [0.25, 0.3) is 22.8 Å². The van der Waals surface area contributed by atoms with E-state index in [0.717, 1.165) is 33.9 Å². The zero-order valence-electron chi connectivity index (χ0n) is 19.4. The molecule has 0 bridgehead atoms. The van der Waals surface area contributed by atoms with Gasteiger partial charge in [-0.1, -0.05) is 18.2 Å². The Kier molecular flexibility index (Phi) is 4.88. The van der Waals surface area contributed by atoms with Crippen LogP contribution in [-0.4, -0.2) is 34.9 Å². The third kappa shape index (κ3) is 3.54. The molecule has 2 aromatic carbocycles. The zero-order valence-corrected chi connectivity index (χ0v) is 19.4. The van der Waals surface area contributed by atoms with Crippen LogP contribution < -0.4 is 0 Å². The van der Waals surface area contributed by atoms with Crippen molar-refractivity contribution in [2.75, 3.05) is 0 Å². The van der Waals surface area contributed by atoms with Gasteiger partial charge in [-0.3, -0.25) is 9.48 Å². The van der Waals surface area contributed by atoms with Crippen molar-refractivity contribution in [2.24, 2.45) is 7.05 Å². The van der Waals surface area contributed by atoms with Crippen molar-refractivity contribution in [2.45, 2.75) is 20.0 Å². The van der Waals surface area contributed by atoms with Gasteiger partial charge in [-0.2, -0.15) is 10.2 Å². The molecule has 3 aromatic heterocycles. The molecule has 5 aromatic rings. The predicted octanol–water partition coefficient (Wildman–Crippen LogP) is 4.67. The smallest absolute Gasteiger partial charge is 0.272 e. The summed E-state index contributed by atoms with van der Waals surface area (Å²) in [5, 5.41) is 9.42. The number of rotatable bonds is 4. The Hall–Kier alpha value is -4.46. The van der Waals surface area contributed by atoms with Gasteiger partial charge in [0.25, 0.3) is 5.91 Å². The highest BCUT2D eigenvalue weighted by Gasteiger charge is 2.33. The van der Waals surface area contributed by atoms with E-state index in [1.54, 1.807) is 34.8 Å². The average molecular weight is 467 g/mol. The molecule has 0 unspecified atom stereocenters. The van der Waals surface area contributed by atoms with Gasteiger partial charge in [-0.25, -0.2) is 9.07 Å². The number of aryl methyl sites for hydroxylation is 2. The highest BCUT2D eigenvalue weighted by molar-refractivity contribution is 5.94. The molecule has 1 amide bonds. The van der Waals surface area contributed by atoms with Gasteiger partial charge < -0.3 is 9.47 Å². The van der Waals surface area contributed by atoms with Gasteiger partial charge in [-0.05, 0) is 61.0 Å². The quantitative estimate of drug-likeness (QED) is 0.387.